The number of esters is 1. The smallest absolute Gasteiger partial charge is 0.311 e. The lowest BCUT2D eigenvalue weighted by molar-refractivity contribution is -0.159. The number of hydrogen-bond donors (Lipinski definition) is 1. The molecular weight excluding hydrogens is 356 g/mol. The molecule has 28 heavy (non-hydrogen) atoms. The van der Waals surface area contributed by atoms with E-state index in [1.54, 1.807) is 7.11 Å². The number of ether oxygens (including phenoxy) is 2. The Hall–Kier alpha value is -1.92. The zero-order chi connectivity index (χ0) is 19.5. The second-order valence-corrected chi connectivity index (χ2v) is 8.72. The SMILES string of the molecule is COC(=O)[C@@H]1[C@H]2C[C@@H]3N(CC[C@@]34C(OC)=Nc3ccccc34)C[C@@H]2CC[C@@H]1O. The molecule has 0 radical (unpaired) electrons. The Bertz CT molecular complexity index is 825. The second-order valence-electron chi connectivity index (χ2n) is 8.72. The van der Waals surface area contributed by atoms with Crippen LogP contribution in [0.15, 0.2) is 29.3 Å². The van der Waals surface area contributed by atoms with Gasteiger partial charge >= 0.3 is 5.97 Å². The molecule has 0 aromatic heterocycles. The molecule has 0 unspecified atom stereocenters. The van der Waals surface area contributed by atoms with E-state index in [-0.39, 0.29) is 23.3 Å². The largest absolute Gasteiger partial charge is 0.483 e. The summed E-state index contributed by atoms with van der Waals surface area (Å²) >= 11 is 0. The molecule has 1 saturated carbocycles. The fourth-order valence-corrected chi connectivity index (χ4v) is 6.54. The van der Waals surface area contributed by atoms with Gasteiger partial charge in [-0.1, -0.05) is 18.2 Å². The van der Waals surface area contributed by atoms with Gasteiger partial charge in [0.05, 0.1) is 37.3 Å². The Kier molecular flexibility index (Phi) is 4.25. The maximum absolute atomic E-state index is 12.5. The third-order valence-electron chi connectivity index (χ3n) is 7.74. The first-order chi connectivity index (χ1) is 13.6. The van der Waals surface area contributed by atoms with Gasteiger partial charge in [-0.3, -0.25) is 9.69 Å². The number of aliphatic imine (C=N–C) groups is 1. The van der Waals surface area contributed by atoms with Gasteiger partial charge in [-0.05, 0) is 55.7 Å². The van der Waals surface area contributed by atoms with Crippen LogP contribution >= 0.6 is 0 Å². The first-order valence-electron chi connectivity index (χ1n) is 10.3. The highest BCUT2D eigenvalue weighted by atomic mass is 16.5. The lowest BCUT2D eigenvalue weighted by Gasteiger charge is -2.50. The van der Waals surface area contributed by atoms with Crippen LogP contribution < -0.4 is 0 Å². The summed E-state index contributed by atoms with van der Waals surface area (Å²) in [6.45, 7) is 1.98. The number of para-hydroxylation sites is 1. The van der Waals surface area contributed by atoms with Crippen LogP contribution in [0.2, 0.25) is 0 Å². The Morgan fingerprint density at radius 2 is 2.11 bits per heavy atom. The Morgan fingerprint density at radius 3 is 2.89 bits per heavy atom. The molecular formula is C22H28N2O4. The third-order valence-corrected chi connectivity index (χ3v) is 7.74. The molecule has 4 aliphatic rings. The van der Waals surface area contributed by atoms with Crippen molar-refractivity contribution in [3.8, 4) is 0 Å². The average molecular weight is 384 g/mol. The van der Waals surface area contributed by atoms with E-state index < -0.39 is 12.0 Å². The topological polar surface area (TPSA) is 71.4 Å². The van der Waals surface area contributed by atoms with E-state index in [1.165, 1.54) is 12.7 Å². The zero-order valence-electron chi connectivity index (χ0n) is 16.5. The number of nitrogens with zero attached hydrogens (tertiary/aromatic N) is 2. The highest BCUT2D eigenvalue weighted by molar-refractivity contribution is 5.97. The van der Waals surface area contributed by atoms with Crippen molar-refractivity contribution in [3.05, 3.63) is 29.8 Å². The number of methoxy groups -OCH3 is 2. The fourth-order valence-electron chi connectivity index (χ4n) is 6.54. The number of aliphatic hydroxyl groups is 1. The molecule has 2 saturated heterocycles. The molecule has 1 aromatic rings. The third kappa shape index (κ3) is 2.34. The molecule has 0 amide bonds. The number of aliphatic hydroxyl groups excluding tert-OH is 1. The number of carbonyl (C=O) groups is 1. The average Bonchev–Trinajstić information content (AvgIpc) is 3.25. The monoisotopic (exact) mass is 384 g/mol. The first-order valence-corrected chi connectivity index (χ1v) is 10.3. The Labute approximate surface area is 165 Å². The fraction of sp³-hybridized carbons (Fsp3) is 0.636. The van der Waals surface area contributed by atoms with Gasteiger partial charge in [0.1, 0.15) is 0 Å². The van der Waals surface area contributed by atoms with Crippen molar-refractivity contribution in [3.63, 3.8) is 0 Å². The molecule has 3 aliphatic heterocycles. The van der Waals surface area contributed by atoms with Crippen LogP contribution in [-0.2, 0) is 19.7 Å². The van der Waals surface area contributed by atoms with Crippen molar-refractivity contribution in [2.24, 2.45) is 22.7 Å². The normalized spacial score (nSPS) is 39.1. The summed E-state index contributed by atoms with van der Waals surface area (Å²) in [5, 5.41) is 10.6. The van der Waals surface area contributed by atoms with Crippen LogP contribution in [-0.4, -0.2) is 61.3 Å². The van der Waals surface area contributed by atoms with Crippen molar-refractivity contribution in [2.45, 2.75) is 43.2 Å². The summed E-state index contributed by atoms with van der Waals surface area (Å²) in [5.41, 5.74) is 1.99. The quantitative estimate of drug-likeness (QED) is 0.752. The summed E-state index contributed by atoms with van der Waals surface area (Å²) in [7, 11) is 3.14. The number of benzene rings is 1. The Balaban J connectivity index is 1.54. The van der Waals surface area contributed by atoms with Crippen LogP contribution in [0.4, 0.5) is 5.69 Å². The van der Waals surface area contributed by atoms with E-state index in [4.69, 9.17) is 14.5 Å². The van der Waals surface area contributed by atoms with Crippen molar-refractivity contribution in [1.82, 2.24) is 4.90 Å². The van der Waals surface area contributed by atoms with Crippen LogP contribution in [0, 0.1) is 17.8 Å². The van der Waals surface area contributed by atoms with Crippen LogP contribution in [0.3, 0.4) is 0 Å². The number of rotatable bonds is 1. The lowest BCUT2D eigenvalue weighted by atomic mass is 9.62. The van der Waals surface area contributed by atoms with E-state index in [1.807, 2.05) is 6.07 Å². The van der Waals surface area contributed by atoms with Gasteiger partial charge < -0.3 is 14.6 Å². The number of carbonyl (C=O) groups excluding carboxylic acids is 1. The summed E-state index contributed by atoms with van der Waals surface area (Å²) in [5.74, 6) is 0.667. The number of hydrogen-bond acceptors (Lipinski definition) is 6. The molecule has 1 aromatic carbocycles. The summed E-state index contributed by atoms with van der Waals surface area (Å²) < 4.78 is 10.9. The Morgan fingerprint density at radius 1 is 1.29 bits per heavy atom. The minimum Gasteiger partial charge on any atom is -0.483 e. The molecule has 0 bridgehead atoms. The molecule has 1 N–H and O–H groups in total. The molecule has 6 atom stereocenters. The molecule has 150 valence electrons. The van der Waals surface area contributed by atoms with Crippen LogP contribution in [0.1, 0.15) is 31.2 Å². The maximum Gasteiger partial charge on any atom is 0.311 e. The van der Waals surface area contributed by atoms with Gasteiger partial charge in [0.25, 0.3) is 0 Å². The highest BCUT2D eigenvalue weighted by Gasteiger charge is 2.60. The van der Waals surface area contributed by atoms with Gasteiger partial charge in [-0.2, -0.15) is 0 Å². The molecule has 5 rings (SSSR count). The predicted molar refractivity (Wildman–Crippen MR) is 105 cm³/mol. The summed E-state index contributed by atoms with van der Waals surface area (Å²) in [6, 6.07) is 8.55. The predicted octanol–water partition coefficient (Wildman–Crippen LogP) is 2.27. The summed E-state index contributed by atoms with van der Waals surface area (Å²) in [4.78, 5) is 19.9. The lowest BCUT2D eigenvalue weighted by Crippen LogP contribution is -2.57. The molecule has 3 fully saturated rings. The van der Waals surface area contributed by atoms with Gasteiger partial charge in [0, 0.05) is 12.6 Å². The maximum atomic E-state index is 12.5. The van der Waals surface area contributed by atoms with Crippen molar-refractivity contribution < 1.29 is 19.4 Å². The zero-order valence-corrected chi connectivity index (χ0v) is 16.5. The standard InChI is InChI=1S/C22H28N2O4/c1-27-20(26)19-14-11-18-22(9-10-24(18)12-13(14)7-8-17(19)25)15-5-3-4-6-16(15)23-21(22)28-2/h3-6,13-14,17-19,25H,7-12H2,1-2H3/t13-,14-,17-,18-,19+,22-/m0/s1. The molecule has 6 nitrogen and oxygen atoms in total. The van der Waals surface area contributed by atoms with Crippen LogP contribution in [0.5, 0.6) is 0 Å². The highest BCUT2D eigenvalue weighted by Crippen LogP contribution is 2.55. The second kappa shape index (κ2) is 6.56. The van der Waals surface area contributed by atoms with Crippen molar-refractivity contribution in [1.29, 1.82) is 0 Å². The van der Waals surface area contributed by atoms with Crippen LogP contribution in [0.25, 0.3) is 0 Å². The summed E-state index contributed by atoms with van der Waals surface area (Å²) in [6.07, 6.45) is 2.88. The first kappa shape index (κ1) is 18.1. The minimum absolute atomic E-state index is 0.137. The van der Waals surface area contributed by atoms with Crippen molar-refractivity contribution >= 4 is 17.6 Å². The van der Waals surface area contributed by atoms with Gasteiger partial charge in [-0.25, -0.2) is 4.99 Å². The van der Waals surface area contributed by atoms with E-state index in [0.717, 1.165) is 43.9 Å². The van der Waals surface area contributed by atoms with Crippen molar-refractivity contribution in [2.75, 3.05) is 27.3 Å². The molecule has 1 spiro atoms. The van der Waals surface area contributed by atoms with Gasteiger partial charge in [0.2, 0.25) is 5.90 Å². The number of fused-ring (bicyclic) bond motifs is 5. The van der Waals surface area contributed by atoms with Gasteiger partial charge in [0.15, 0.2) is 0 Å². The van der Waals surface area contributed by atoms with E-state index >= 15 is 0 Å². The van der Waals surface area contributed by atoms with E-state index in [9.17, 15) is 9.90 Å². The molecule has 3 heterocycles. The van der Waals surface area contributed by atoms with E-state index in [0.29, 0.717) is 12.3 Å². The van der Waals surface area contributed by atoms with E-state index in [2.05, 4.69) is 23.1 Å². The number of piperidine rings is 1. The minimum atomic E-state index is -0.607. The van der Waals surface area contributed by atoms with Gasteiger partial charge in [-0.15, -0.1) is 0 Å². The molecule has 6 heteroatoms. The molecule has 1 aliphatic carbocycles.